The summed E-state index contributed by atoms with van der Waals surface area (Å²) in [5.41, 5.74) is 1.06. The summed E-state index contributed by atoms with van der Waals surface area (Å²) in [6, 6.07) is 0. The minimum Gasteiger partial charge on any atom is -0.350 e. The zero-order chi connectivity index (χ0) is 13.6. The van der Waals surface area contributed by atoms with Crippen LogP contribution in [0.25, 0.3) is 0 Å². The van der Waals surface area contributed by atoms with E-state index in [0.29, 0.717) is 6.54 Å². The molecule has 0 aliphatic carbocycles. The smallest absolute Gasteiger partial charge is 0.234 e. The van der Waals surface area contributed by atoms with E-state index in [1.807, 2.05) is 33.3 Å². The van der Waals surface area contributed by atoms with Crippen molar-refractivity contribution in [2.24, 2.45) is 7.05 Å². The van der Waals surface area contributed by atoms with Gasteiger partial charge >= 0.3 is 0 Å². The number of aromatic nitrogens is 2. The fraction of sp³-hybridized carbons (Fsp3) is 0.692. The second-order valence-electron chi connectivity index (χ2n) is 5.23. The van der Waals surface area contributed by atoms with E-state index in [-0.39, 0.29) is 11.4 Å². The lowest BCUT2D eigenvalue weighted by Crippen LogP contribution is -2.46. The Morgan fingerprint density at radius 1 is 1.50 bits per heavy atom. The van der Waals surface area contributed by atoms with E-state index < -0.39 is 0 Å². The maximum Gasteiger partial charge on any atom is 0.234 e. The molecule has 0 bridgehead atoms. The third-order valence-electron chi connectivity index (χ3n) is 3.00. The van der Waals surface area contributed by atoms with Crippen LogP contribution in [0.3, 0.4) is 0 Å². The van der Waals surface area contributed by atoms with Gasteiger partial charge < -0.3 is 10.6 Å². The zero-order valence-electron chi connectivity index (χ0n) is 11.8. The molecular weight excluding hydrogens is 228 g/mol. The van der Waals surface area contributed by atoms with Crippen LogP contribution in [0.1, 0.15) is 32.8 Å². The van der Waals surface area contributed by atoms with Crippen LogP contribution < -0.4 is 10.6 Å². The molecule has 0 aromatic carbocycles. The summed E-state index contributed by atoms with van der Waals surface area (Å²) in [5, 5.41) is 10.2. The van der Waals surface area contributed by atoms with Gasteiger partial charge in [-0.2, -0.15) is 5.10 Å². The van der Waals surface area contributed by atoms with Crippen LogP contribution in [0.2, 0.25) is 0 Å². The van der Waals surface area contributed by atoms with Crippen molar-refractivity contribution in [3.63, 3.8) is 0 Å². The first kappa shape index (κ1) is 14.7. The summed E-state index contributed by atoms with van der Waals surface area (Å²) in [7, 11) is 1.90. The first-order valence-electron chi connectivity index (χ1n) is 6.42. The first-order valence-corrected chi connectivity index (χ1v) is 6.42. The van der Waals surface area contributed by atoms with E-state index in [1.54, 1.807) is 4.68 Å². The van der Waals surface area contributed by atoms with E-state index in [0.717, 1.165) is 19.4 Å². The van der Waals surface area contributed by atoms with Gasteiger partial charge in [0, 0.05) is 18.8 Å². The summed E-state index contributed by atoms with van der Waals surface area (Å²) in [6.45, 7) is 7.27. The molecule has 1 heterocycles. The second kappa shape index (κ2) is 6.54. The number of hydrogen-bond donors (Lipinski definition) is 2. The van der Waals surface area contributed by atoms with E-state index in [4.69, 9.17) is 0 Å². The van der Waals surface area contributed by atoms with E-state index in [9.17, 15) is 4.79 Å². The number of carbonyl (C=O) groups is 1. The molecule has 2 N–H and O–H groups in total. The number of amides is 1. The predicted octanol–water partition coefficient (Wildman–Crippen LogP) is 0.857. The van der Waals surface area contributed by atoms with Crippen molar-refractivity contribution in [2.75, 3.05) is 13.1 Å². The topological polar surface area (TPSA) is 59.0 Å². The molecule has 1 amide bonds. The van der Waals surface area contributed by atoms with E-state index in [1.165, 1.54) is 5.56 Å². The van der Waals surface area contributed by atoms with Crippen molar-refractivity contribution in [3.8, 4) is 0 Å². The maximum absolute atomic E-state index is 11.6. The molecule has 0 unspecified atom stereocenters. The van der Waals surface area contributed by atoms with Gasteiger partial charge in [-0.3, -0.25) is 9.48 Å². The molecule has 0 spiro atoms. The van der Waals surface area contributed by atoms with Gasteiger partial charge in [-0.05, 0) is 38.8 Å². The lowest BCUT2D eigenvalue weighted by Gasteiger charge is -2.24. The molecule has 1 rings (SSSR count). The van der Waals surface area contributed by atoms with Crippen molar-refractivity contribution in [2.45, 2.75) is 39.2 Å². The lowest BCUT2D eigenvalue weighted by molar-refractivity contribution is -0.121. The number of rotatable bonds is 7. The molecule has 0 saturated carbocycles. The minimum atomic E-state index is -0.123. The Morgan fingerprint density at radius 2 is 2.22 bits per heavy atom. The molecule has 0 saturated heterocycles. The van der Waals surface area contributed by atoms with Crippen LogP contribution in [0.5, 0.6) is 0 Å². The molecule has 5 heteroatoms. The average Bonchev–Trinajstić information content (AvgIpc) is 2.70. The Bertz CT molecular complexity index is 384. The Morgan fingerprint density at radius 3 is 2.78 bits per heavy atom. The van der Waals surface area contributed by atoms with Crippen LogP contribution in [0.4, 0.5) is 0 Å². The monoisotopic (exact) mass is 252 g/mol. The van der Waals surface area contributed by atoms with Gasteiger partial charge in [0.1, 0.15) is 0 Å². The van der Waals surface area contributed by atoms with Gasteiger partial charge in [0.2, 0.25) is 5.91 Å². The van der Waals surface area contributed by atoms with E-state index in [2.05, 4.69) is 22.7 Å². The van der Waals surface area contributed by atoms with Gasteiger partial charge in [-0.25, -0.2) is 0 Å². The zero-order valence-corrected chi connectivity index (χ0v) is 11.8. The molecule has 1 aromatic rings. The van der Waals surface area contributed by atoms with Crippen LogP contribution >= 0.6 is 0 Å². The molecule has 0 aliphatic rings. The quantitative estimate of drug-likeness (QED) is 0.708. The molecule has 5 nitrogen and oxygen atoms in total. The van der Waals surface area contributed by atoms with Crippen LogP contribution in [-0.2, 0) is 18.3 Å². The highest BCUT2D eigenvalue weighted by atomic mass is 16.2. The van der Waals surface area contributed by atoms with Gasteiger partial charge in [0.05, 0.1) is 12.7 Å². The van der Waals surface area contributed by atoms with Crippen molar-refractivity contribution < 1.29 is 4.79 Å². The second-order valence-corrected chi connectivity index (χ2v) is 5.23. The van der Waals surface area contributed by atoms with Crippen LogP contribution in [-0.4, -0.2) is 34.3 Å². The molecule has 0 radical (unpaired) electrons. The largest absolute Gasteiger partial charge is 0.350 e. The number of nitrogens with zero attached hydrogens (tertiary/aromatic N) is 2. The Hall–Kier alpha value is -1.36. The number of hydrogen-bond acceptors (Lipinski definition) is 3. The van der Waals surface area contributed by atoms with Gasteiger partial charge in [-0.15, -0.1) is 0 Å². The number of aryl methyl sites for hydroxylation is 1. The highest BCUT2D eigenvalue weighted by Gasteiger charge is 2.16. The van der Waals surface area contributed by atoms with Crippen molar-refractivity contribution >= 4 is 5.91 Å². The predicted molar refractivity (Wildman–Crippen MR) is 72.3 cm³/mol. The normalized spacial score (nSPS) is 11.6. The molecule has 0 atom stereocenters. The average molecular weight is 252 g/mol. The molecule has 102 valence electrons. The Balaban J connectivity index is 2.16. The molecule has 18 heavy (non-hydrogen) atoms. The summed E-state index contributed by atoms with van der Waals surface area (Å²) in [6.07, 6.45) is 5.65. The van der Waals surface area contributed by atoms with Crippen LogP contribution in [0.15, 0.2) is 12.4 Å². The number of carbonyl (C=O) groups excluding carboxylic acids is 1. The SMILES string of the molecule is CCC(C)(C)NC(=O)CNCCc1cnn(C)c1. The Kier molecular flexibility index (Phi) is 5.34. The summed E-state index contributed by atoms with van der Waals surface area (Å²) >= 11 is 0. The summed E-state index contributed by atoms with van der Waals surface area (Å²) in [4.78, 5) is 11.6. The first-order chi connectivity index (χ1) is 8.43. The summed E-state index contributed by atoms with van der Waals surface area (Å²) in [5.74, 6) is 0.0491. The van der Waals surface area contributed by atoms with Gasteiger partial charge in [-0.1, -0.05) is 6.92 Å². The lowest BCUT2D eigenvalue weighted by atomic mass is 10.0. The maximum atomic E-state index is 11.6. The summed E-state index contributed by atoms with van der Waals surface area (Å²) < 4.78 is 1.78. The van der Waals surface area contributed by atoms with Gasteiger partial charge in [0.15, 0.2) is 0 Å². The van der Waals surface area contributed by atoms with Gasteiger partial charge in [0.25, 0.3) is 0 Å². The fourth-order valence-electron chi connectivity index (χ4n) is 1.55. The fourth-order valence-corrected chi connectivity index (χ4v) is 1.55. The third-order valence-corrected chi connectivity index (χ3v) is 3.00. The standard InChI is InChI=1S/C13H24N4O/c1-5-13(2,3)16-12(18)9-14-7-6-11-8-15-17(4)10-11/h8,10,14H,5-7,9H2,1-4H3,(H,16,18). The highest BCUT2D eigenvalue weighted by molar-refractivity contribution is 5.78. The van der Waals surface area contributed by atoms with Crippen molar-refractivity contribution in [1.29, 1.82) is 0 Å². The Labute approximate surface area is 109 Å². The molecular formula is C13H24N4O. The number of nitrogens with one attached hydrogen (secondary N) is 2. The van der Waals surface area contributed by atoms with Crippen molar-refractivity contribution in [3.05, 3.63) is 18.0 Å². The van der Waals surface area contributed by atoms with Crippen LogP contribution in [0, 0.1) is 0 Å². The van der Waals surface area contributed by atoms with E-state index >= 15 is 0 Å². The highest BCUT2D eigenvalue weighted by Crippen LogP contribution is 2.05. The third kappa shape index (κ3) is 5.31. The molecule has 0 aliphatic heterocycles. The molecule has 1 aromatic heterocycles. The molecule has 0 fully saturated rings. The van der Waals surface area contributed by atoms with Crippen molar-refractivity contribution in [1.82, 2.24) is 20.4 Å². The minimum absolute atomic E-state index is 0.0491.